The van der Waals surface area contributed by atoms with E-state index < -0.39 is 5.97 Å². The van der Waals surface area contributed by atoms with Crippen molar-refractivity contribution >= 4 is 35.1 Å². The van der Waals surface area contributed by atoms with Crippen LogP contribution in [0.15, 0.2) is 53.4 Å². The zero-order chi connectivity index (χ0) is 18.9. The third-order valence-electron chi connectivity index (χ3n) is 3.15. The van der Waals surface area contributed by atoms with Gasteiger partial charge in [0.15, 0.2) is 5.78 Å². The van der Waals surface area contributed by atoms with Gasteiger partial charge in [0, 0.05) is 10.6 Å². The molecule has 6 nitrogen and oxygen atoms in total. The molecule has 0 aromatic heterocycles. The fourth-order valence-corrected chi connectivity index (χ4v) is 2.85. The fraction of sp³-hybridized carbons (Fsp3) is 0.158. The van der Waals surface area contributed by atoms with Gasteiger partial charge in [0.05, 0.1) is 22.9 Å². The summed E-state index contributed by atoms with van der Waals surface area (Å²) < 4.78 is 4.93. The number of nitrogens with zero attached hydrogens (tertiary/aromatic N) is 1. The highest BCUT2D eigenvalue weighted by Gasteiger charge is 2.14. The normalized spacial score (nSPS) is 9.85. The number of ether oxygens (including phenoxy) is 1. The van der Waals surface area contributed by atoms with Crippen LogP contribution < -0.4 is 5.32 Å². The molecular weight excluding hydrogens is 352 g/mol. The first-order valence-electron chi connectivity index (χ1n) is 7.68. The Bertz CT molecular complexity index is 874. The molecule has 132 valence electrons. The maximum Gasteiger partial charge on any atom is 0.339 e. The largest absolute Gasteiger partial charge is 0.454 e. The Morgan fingerprint density at radius 2 is 1.92 bits per heavy atom. The van der Waals surface area contributed by atoms with Crippen LogP contribution >= 0.6 is 11.8 Å². The summed E-state index contributed by atoms with van der Waals surface area (Å²) in [4.78, 5) is 35.7. The van der Waals surface area contributed by atoms with Crippen molar-refractivity contribution in [1.29, 1.82) is 5.26 Å². The maximum absolute atomic E-state index is 12.1. The molecule has 0 aliphatic heterocycles. The van der Waals surface area contributed by atoms with Crippen LogP contribution in [0.1, 0.15) is 22.8 Å². The maximum atomic E-state index is 12.1. The number of nitrogens with one attached hydrogen (secondary N) is 1. The first-order valence-corrected chi connectivity index (χ1v) is 8.66. The van der Waals surface area contributed by atoms with Gasteiger partial charge in [-0.25, -0.2) is 4.79 Å². The number of benzene rings is 2. The highest BCUT2D eigenvalue weighted by molar-refractivity contribution is 8.00. The van der Waals surface area contributed by atoms with Crippen molar-refractivity contribution < 1.29 is 19.1 Å². The van der Waals surface area contributed by atoms with Crippen LogP contribution in [0.3, 0.4) is 0 Å². The molecule has 26 heavy (non-hydrogen) atoms. The van der Waals surface area contributed by atoms with Gasteiger partial charge in [-0.15, -0.1) is 11.8 Å². The van der Waals surface area contributed by atoms with Crippen LogP contribution in [0, 0.1) is 11.3 Å². The summed E-state index contributed by atoms with van der Waals surface area (Å²) in [5.74, 6) is -1.04. The molecule has 7 heteroatoms. The second-order valence-electron chi connectivity index (χ2n) is 5.30. The van der Waals surface area contributed by atoms with E-state index in [1.807, 2.05) is 6.07 Å². The lowest BCUT2D eigenvalue weighted by atomic mass is 10.2. The topological polar surface area (TPSA) is 96.3 Å². The summed E-state index contributed by atoms with van der Waals surface area (Å²) in [5, 5.41) is 11.6. The van der Waals surface area contributed by atoms with Gasteiger partial charge in [-0.1, -0.05) is 18.2 Å². The molecule has 0 aliphatic carbocycles. The summed E-state index contributed by atoms with van der Waals surface area (Å²) in [6.07, 6.45) is 0. The van der Waals surface area contributed by atoms with E-state index in [9.17, 15) is 14.4 Å². The number of hydrogen-bond acceptors (Lipinski definition) is 6. The molecule has 0 aliphatic rings. The number of nitriles is 1. The van der Waals surface area contributed by atoms with Gasteiger partial charge in [-0.05, 0) is 37.3 Å². The number of carbonyl (C=O) groups is 3. The number of ketones is 1. The molecule has 2 aromatic rings. The van der Waals surface area contributed by atoms with Gasteiger partial charge in [0.2, 0.25) is 5.91 Å². The lowest BCUT2D eigenvalue weighted by Gasteiger charge is -2.09. The number of thioether (sulfide) groups is 1. The van der Waals surface area contributed by atoms with E-state index in [0.29, 0.717) is 21.7 Å². The Hall–Kier alpha value is -3.11. The minimum Gasteiger partial charge on any atom is -0.454 e. The van der Waals surface area contributed by atoms with Crippen molar-refractivity contribution in [3.63, 3.8) is 0 Å². The second-order valence-corrected chi connectivity index (χ2v) is 6.32. The van der Waals surface area contributed by atoms with Crippen LogP contribution in [0.25, 0.3) is 0 Å². The molecule has 0 heterocycles. The average Bonchev–Trinajstić information content (AvgIpc) is 2.64. The van der Waals surface area contributed by atoms with Gasteiger partial charge in [0.1, 0.15) is 6.61 Å². The molecule has 0 fully saturated rings. The summed E-state index contributed by atoms with van der Waals surface area (Å²) in [7, 11) is 0. The van der Waals surface area contributed by atoms with E-state index >= 15 is 0 Å². The Labute approximate surface area is 155 Å². The Morgan fingerprint density at radius 3 is 2.65 bits per heavy atom. The van der Waals surface area contributed by atoms with Crippen LogP contribution in [0.2, 0.25) is 0 Å². The Balaban J connectivity index is 1.98. The van der Waals surface area contributed by atoms with Gasteiger partial charge in [-0.2, -0.15) is 5.26 Å². The highest BCUT2D eigenvalue weighted by atomic mass is 32.2. The Kier molecular flexibility index (Phi) is 6.94. The van der Waals surface area contributed by atoms with Crippen molar-refractivity contribution in [1.82, 2.24) is 0 Å². The smallest absolute Gasteiger partial charge is 0.339 e. The predicted octanol–water partition coefficient (Wildman–Crippen LogP) is 3.03. The number of Topliss-reactive ketones (excluding diaryl/α,β-unsaturated/α-hetero) is 1. The van der Waals surface area contributed by atoms with E-state index in [4.69, 9.17) is 10.00 Å². The van der Waals surface area contributed by atoms with Gasteiger partial charge in [-0.3, -0.25) is 9.59 Å². The van der Waals surface area contributed by atoms with Crippen LogP contribution in [0.4, 0.5) is 5.69 Å². The fourth-order valence-electron chi connectivity index (χ4n) is 2.01. The molecule has 1 N–H and O–H groups in total. The molecule has 0 unspecified atom stereocenters. The van der Waals surface area contributed by atoms with Crippen molar-refractivity contribution in [3.05, 3.63) is 59.7 Å². The molecule has 0 saturated carbocycles. The van der Waals surface area contributed by atoms with Crippen LogP contribution in [-0.4, -0.2) is 30.0 Å². The van der Waals surface area contributed by atoms with Gasteiger partial charge >= 0.3 is 5.97 Å². The monoisotopic (exact) mass is 368 g/mol. The molecule has 1 amide bonds. The minimum atomic E-state index is -0.606. The predicted molar refractivity (Wildman–Crippen MR) is 97.9 cm³/mol. The highest BCUT2D eigenvalue weighted by Crippen LogP contribution is 2.23. The van der Waals surface area contributed by atoms with Crippen LogP contribution in [0.5, 0.6) is 0 Å². The Morgan fingerprint density at radius 1 is 1.15 bits per heavy atom. The number of esters is 1. The quantitative estimate of drug-likeness (QED) is 0.596. The van der Waals surface area contributed by atoms with Crippen molar-refractivity contribution in [2.75, 3.05) is 17.7 Å². The summed E-state index contributed by atoms with van der Waals surface area (Å²) >= 11 is 1.18. The summed E-state index contributed by atoms with van der Waals surface area (Å²) in [6.45, 7) is 1.05. The molecular formula is C19H16N2O4S. The molecule has 0 spiro atoms. The molecule has 0 bridgehead atoms. The number of carbonyl (C=O) groups excluding carboxylic acids is 3. The second kappa shape index (κ2) is 9.39. The first kappa shape index (κ1) is 19.2. The third kappa shape index (κ3) is 5.76. The van der Waals surface area contributed by atoms with Gasteiger partial charge < -0.3 is 10.1 Å². The number of amides is 1. The summed E-state index contributed by atoms with van der Waals surface area (Å²) in [6, 6.07) is 15.3. The van der Waals surface area contributed by atoms with E-state index in [1.165, 1.54) is 18.7 Å². The van der Waals surface area contributed by atoms with Gasteiger partial charge in [0.25, 0.3) is 0 Å². The lowest BCUT2D eigenvalue weighted by molar-refractivity contribution is -0.120. The van der Waals surface area contributed by atoms with E-state index in [2.05, 4.69) is 5.32 Å². The minimum absolute atomic E-state index is 0.0772. The summed E-state index contributed by atoms with van der Waals surface area (Å²) in [5.41, 5.74) is 1.29. The average molecular weight is 368 g/mol. The third-order valence-corrected chi connectivity index (χ3v) is 4.22. The van der Waals surface area contributed by atoms with Crippen molar-refractivity contribution in [2.45, 2.75) is 11.8 Å². The number of anilines is 1. The molecule has 0 radical (unpaired) electrons. The molecule has 0 saturated heterocycles. The molecule has 2 rings (SSSR count). The van der Waals surface area contributed by atoms with Crippen molar-refractivity contribution in [2.24, 2.45) is 0 Å². The number of rotatable bonds is 7. The van der Waals surface area contributed by atoms with E-state index in [-0.39, 0.29) is 24.1 Å². The zero-order valence-electron chi connectivity index (χ0n) is 14.0. The molecule has 0 atom stereocenters. The van der Waals surface area contributed by atoms with Crippen molar-refractivity contribution in [3.8, 4) is 6.07 Å². The van der Waals surface area contributed by atoms with Crippen LogP contribution in [-0.2, 0) is 14.3 Å². The zero-order valence-corrected chi connectivity index (χ0v) is 14.8. The van der Waals surface area contributed by atoms with E-state index in [1.54, 1.807) is 48.5 Å². The first-order chi connectivity index (χ1) is 12.5. The lowest BCUT2D eigenvalue weighted by Crippen LogP contribution is -2.15. The number of hydrogen-bond donors (Lipinski definition) is 1. The SMILES string of the molecule is CC(=O)COC(=O)c1ccccc1SCC(=O)Nc1cccc(C#N)c1. The van der Waals surface area contributed by atoms with E-state index in [0.717, 1.165) is 0 Å². The molecule has 2 aromatic carbocycles. The standard InChI is InChI=1S/C19H16N2O4S/c1-13(22)11-25-19(24)16-7-2-3-8-17(16)26-12-18(23)21-15-6-4-5-14(9-15)10-20/h2-9H,11-12H2,1H3,(H,21,23).